The van der Waals surface area contributed by atoms with Crippen LogP contribution in [0.4, 0.5) is 13.2 Å². The molecular weight excluding hydrogens is 219 g/mol. The van der Waals surface area contributed by atoms with Gasteiger partial charge in [-0.05, 0) is 43.5 Å². The van der Waals surface area contributed by atoms with Gasteiger partial charge in [0.1, 0.15) is 0 Å². The molecule has 1 aromatic carbocycles. The van der Waals surface area contributed by atoms with E-state index in [0.29, 0.717) is 0 Å². The van der Waals surface area contributed by atoms with Crippen LogP contribution in [0.3, 0.4) is 0 Å². The van der Waals surface area contributed by atoms with Crippen molar-refractivity contribution in [3.8, 4) is 0 Å². The SMILES string of the molecule is CC(O)CC(CN)c1cc(F)c(F)c(F)c1. The summed E-state index contributed by atoms with van der Waals surface area (Å²) >= 11 is 0. The van der Waals surface area contributed by atoms with E-state index in [1.165, 1.54) is 0 Å². The van der Waals surface area contributed by atoms with E-state index in [2.05, 4.69) is 0 Å². The molecule has 0 radical (unpaired) electrons. The summed E-state index contributed by atoms with van der Waals surface area (Å²) in [6.07, 6.45) is -0.356. The van der Waals surface area contributed by atoms with E-state index in [9.17, 15) is 18.3 Å². The fourth-order valence-electron chi connectivity index (χ4n) is 1.59. The summed E-state index contributed by atoms with van der Waals surface area (Å²) in [5.74, 6) is -4.35. The Balaban J connectivity index is 3.01. The molecule has 2 unspecified atom stereocenters. The fraction of sp³-hybridized carbons (Fsp3) is 0.455. The van der Waals surface area contributed by atoms with E-state index in [0.717, 1.165) is 12.1 Å². The van der Waals surface area contributed by atoms with Crippen LogP contribution in [0.15, 0.2) is 12.1 Å². The highest BCUT2D eigenvalue weighted by molar-refractivity contribution is 5.23. The summed E-state index contributed by atoms with van der Waals surface area (Å²) in [6, 6.07) is 1.83. The molecule has 0 fully saturated rings. The predicted molar refractivity (Wildman–Crippen MR) is 54.4 cm³/mol. The van der Waals surface area contributed by atoms with Gasteiger partial charge >= 0.3 is 0 Å². The number of hydrogen-bond acceptors (Lipinski definition) is 2. The molecule has 0 aliphatic rings. The van der Waals surface area contributed by atoms with E-state index in [-0.39, 0.29) is 24.4 Å². The van der Waals surface area contributed by atoms with E-state index < -0.39 is 23.6 Å². The van der Waals surface area contributed by atoms with Gasteiger partial charge in [0.25, 0.3) is 0 Å². The van der Waals surface area contributed by atoms with Gasteiger partial charge in [0.15, 0.2) is 17.5 Å². The quantitative estimate of drug-likeness (QED) is 0.780. The maximum Gasteiger partial charge on any atom is 0.194 e. The standard InChI is InChI=1S/C11H14F3NO/c1-6(16)2-8(5-15)7-3-9(12)11(14)10(13)4-7/h3-4,6,8,16H,2,5,15H2,1H3. The molecule has 0 aliphatic carbocycles. The monoisotopic (exact) mass is 233 g/mol. The van der Waals surface area contributed by atoms with Gasteiger partial charge in [0.05, 0.1) is 6.10 Å². The molecule has 16 heavy (non-hydrogen) atoms. The van der Waals surface area contributed by atoms with E-state index >= 15 is 0 Å². The van der Waals surface area contributed by atoms with Crippen LogP contribution >= 0.6 is 0 Å². The maximum absolute atomic E-state index is 13.0. The minimum absolute atomic E-state index is 0.134. The Kier molecular flexibility index (Phi) is 4.32. The minimum atomic E-state index is -1.49. The van der Waals surface area contributed by atoms with Crippen LogP contribution in [0, 0.1) is 17.5 Å². The Bertz CT molecular complexity index is 345. The van der Waals surface area contributed by atoms with Gasteiger partial charge in [-0.15, -0.1) is 0 Å². The summed E-state index contributed by atoms with van der Waals surface area (Å²) < 4.78 is 38.6. The lowest BCUT2D eigenvalue weighted by atomic mass is 9.93. The summed E-state index contributed by atoms with van der Waals surface area (Å²) in [4.78, 5) is 0. The van der Waals surface area contributed by atoms with Crippen LogP contribution < -0.4 is 5.73 Å². The van der Waals surface area contributed by atoms with Crippen LogP contribution in [0.2, 0.25) is 0 Å². The Morgan fingerprint density at radius 2 is 1.75 bits per heavy atom. The molecule has 5 heteroatoms. The van der Waals surface area contributed by atoms with Gasteiger partial charge in [-0.2, -0.15) is 0 Å². The lowest BCUT2D eigenvalue weighted by Crippen LogP contribution is -2.18. The second kappa shape index (κ2) is 5.32. The first-order valence-electron chi connectivity index (χ1n) is 4.98. The summed E-state index contributed by atoms with van der Waals surface area (Å²) in [6.45, 7) is 1.69. The van der Waals surface area contributed by atoms with E-state index in [1.807, 2.05) is 0 Å². The smallest absolute Gasteiger partial charge is 0.194 e. The van der Waals surface area contributed by atoms with Gasteiger partial charge in [0, 0.05) is 0 Å². The Morgan fingerprint density at radius 3 is 2.12 bits per heavy atom. The largest absolute Gasteiger partial charge is 0.393 e. The van der Waals surface area contributed by atoms with Gasteiger partial charge in [-0.3, -0.25) is 0 Å². The van der Waals surface area contributed by atoms with Crippen LogP contribution in [-0.4, -0.2) is 17.8 Å². The topological polar surface area (TPSA) is 46.2 Å². The molecule has 0 spiro atoms. The average Bonchev–Trinajstić information content (AvgIpc) is 2.21. The van der Waals surface area contributed by atoms with Gasteiger partial charge in [-0.1, -0.05) is 0 Å². The second-order valence-electron chi connectivity index (χ2n) is 3.82. The number of halogens is 3. The lowest BCUT2D eigenvalue weighted by molar-refractivity contribution is 0.175. The molecule has 0 aromatic heterocycles. The Labute approximate surface area is 91.9 Å². The molecule has 1 rings (SSSR count). The number of nitrogens with two attached hydrogens (primary N) is 1. The first-order chi connectivity index (χ1) is 7.45. The van der Waals surface area contributed by atoms with Gasteiger partial charge < -0.3 is 10.8 Å². The van der Waals surface area contributed by atoms with Crippen LogP contribution in [-0.2, 0) is 0 Å². The molecule has 0 heterocycles. The molecule has 0 saturated carbocycles. The lowest BCUT2D eigenvalue weighted by Gasteiger charge is -2.17. The van der Waals surface area contributed by atoms with Crippen molar-refractivity contribution in [2.75, 3.05) is 6.54 Å². The summed E-state index contributed by atoms with van der Waals surface area (Å²) in [5.41, 5.74) is 5.71. The van der Waals surface area contributed by atoms with Crippen molar-refractivity contribution in [2.24, 2.45) is 5.73 Å². The van der Waals surface area contributed by atoms with Crippen molar-refractivity contribution in [2.45, 2.75) is 25.4 Å². The third-order valence-electron chi connectivity index (χ3n) is 2.39. The van der Waals surface area contributed by atoms with Crippen molar-refractivity contribution in [1.82, 2.24) is 0 Å². The van der Waals surface area contributed by atoms with Crippen LogP contribution in [0.25, 0.3) is 0 Å². The zero-order chi connectivity index (χ0) is 12.3. The highest BCUT2D eigenvalue weighted by Crippen LogP contribution is 2.23. The minimum Gasteiger partial charge on any atom is -0.393 e. The van der Waals surface area contributed by atoms with Crippen LogP contribution in [0.5, 0.6) is 0 Å². The number of aliphatic hydroxyl groups is 1. The van der Waals surface area contributed by atoms with Crippen molar-refractivity contribution in [1.29, 1.82) is 0 Å². The Morgan fingerprint density at radius 1 is 1.25 bits per heavy atom. The van der Waals surface area contributed by atoms with E-state index in [1.54, 1.807) is 6.92 Å². The average molecular weight is 233 g/mol. The molecule has 3 N–H and O–H groups in total. The Hall–Kier alpha value is -1.07. The van der Waals surface area contributed by atoms with Crippen molar-refractivity contribution < 1.29 is 18.3 Å². The third-order valence-corrected chi connectivity index (χ3v) is 2.39. The first-order valence-corrected chi connectivity index (χ1v) is 4.98. The van der Waals surface area contributed by atoms with Gasteiger partial charge in [-0.25, -0.2) is 13.2 Å². The number of rotatable bonds is 4. The van der Waals surface area contributed by atoms with Gasteiger partial charge in [0.2, 0.25) is 0 Å². The molecule has 0 saturated heterocycles. The molecule has 0 amide bonds. The number of hydrogen-bond donors (Lipinski definition) is 2. The third kappa shape index (κ3) is 2.96. The predicted octanol–water partition coefficient (Wildman–Crippen LogP) is 1.92. The highest BCUT2D eigenvalue weighted by Gasteiger charge is 2.17. The first kappa shape index (κ1) is 13.0. The zero-order valence-electron chi connectivity index (χ0n) is 8.88. The second-order valence-corrected chi connectivity index (χ2v) is 3.82. The zero-order valence-corrected chi connectivity index (χ0v) is 8.88. The molecule has 2 atom stereocenters. The van der Waals surface area contributed by atoms with Crippen LogP contribution in [0.1, 0.15) is 24.8 Å². The van der Waals surface area contributed by atoms with Crippen molar-refractivity contribution in [3.63, 3.8) is 0 Å². The number of benzene rings is 1. The molecule has 0 aliphatic heterocycles. The molecule has 0 bridgehead atoms. The highest BCUT2D eigenvalue weighted by atomic mass is 19.2. The number of aliphatic hydroxyl groups excluding tert-OH is 1. The van der Waals surface area contributed by atoms with E-state index in [4.69, 9.17) is 5.73 Å². The maximum atomic E-state index is 13.0. The summed E-state index contributed by atoms with van der Waals surface area (Å²) in [5, 5.41) is 9.19. The molecule has 1 aromatic rings. The normalized spacial score (nSPS) is 14.9. The molecule has 90 valence electrons. The van der Waals surface area contributed by atoms with Crippen molar-refractivity contribution >= 4 is 0 Å². The van der Waals surface area contributed by atoms with Crippen molar-refractivity contribution in [3.05, 3.63) is 35.1 Å². The molecule has 2 nitrogen and oxygen atoms in total. The molecular formula is C11H14F3NO. The summed E-state index contributed by atoms with van der Waals surface area (Å²) in [7, 11) is 0. The fourth-order valence-corrected chi connectivity index (χ4v) is 1.59.